The molecule has 1 saturated heterocycles. The van der Waals surface area contributed by atoms with Crippen LogP contribution < -0.4 is 0 Å². The van der Waals surface area contributed by atoms with E-state index >= 15 is 0 Å². The largest absolute Gasteiger partial charge is 0.296 e. The van der Waals surface area contributed by atoms with E-state index in [1.807, 2.05) is 0 Å². The topological polar surface area (TPSA) is 3.24 Å². The van der Waals surface area contributed by atoms with E-state index in [0.717, 1.165) is 5.92 Å². The van der Waals surface area contributed by atoms with Gasteiger partial charge in [-0.05, 0) is 55.8 Å². The summed E-state index contributed by atoms with van der Waals surface area (Å²) < 4.78 is 0. The highest BCUT2D eigenvalue weighted by atomic mass is 15.2. The van der Waals surface area contributed by atoms with Gasteiger partial charge in [0.1, 0.15) is 0 Å². The average molecular weight is 293 g/mol. The lowest BCUT2D eigenvalue weighted by molar-refractivity contribution is 0.129. The summed E-state index contributed by atoms with van der Waals surface area (Å²) in [5.74, 6) is 0.854. The highest BCUT2D eigenvalue weighted by molar-refractivity contribution is 5.19. The van der Waals surface area contributed by atoms with Gasteiger partial charge in [0.05, 0.1) is 0 Å². The van der Waals surface area contributed by atoms with Crippen LogP contribution in [0.5, 0.6) is 0 Å². The van der Waals surface area contributed by atoms with Gasteiger partial charge in [-0.3, -0.25) is 4.90 Å². The quantitative estimate of drug-likeness (QED) is 0.742. The highest BCUT2D eigenvalue weighted by Crippen LogP contribution is 2.30. The van der Waals surface area contributed by atoms with Gasteiger partial charge in [0, 0.05) is 6.04 Å². The van der Waals surface area contributed by atoms with Gasteiger partial charge in [-0.15, -0.1) is 0 Å². The van der Waals surface area contributed by atoms with Crippen LogP contribution in [0.15, 0.2) is 60.7 Å². The fraction of sp³-hybridized carbons (Fsp3) is 0.429. The van der Waals surface area contributed by atoms with Gasteiger partial charge in [0.15, 0.2) is 0 Å². The monoisotopic (exact) mass is 293 g/mol. The fourth-order valence-electron chi connectivity index (χ4n) is 3.80. The van der Waals surface area contributed by atoms with E-state index in [1.54, 1.807) is 0 Å². The second-order valence-corrected chi connectivity index (χ2v) is 6.50. The Morgan fingerprint density at radius 1 is 0.909 bits per heavy atom. The van der Waals surface area contributed by atoms with Crippen LogP contribution in [0.3, 0.4) is 0 Å². The molecule has 2 aromatic rings. The summed E-state index contributed by atoms with van der Waals surface area (Å²) >= 11 is 0. The molecule has 3 rings (SSSR count). The Bertz CT molecular complexity index is 541. The van der Waals surface area contributed by atoms with Crippen LogP contribution in [0, 0.1) is 5.92 Å². The zero-order valence-electron chi connectivity index (χ0n) is 13.6. The van der Waals surface area contributed by atoms with Crippen molar-refractivity contribution >= 4 is 0 Å². The normalized spacial score (nSPS) is 18.2. The molecular weight excluding hydrogens is 266 g/mol. The van der Waals surface area contributed by atoms with Crippen molar-refractivity contribution in [3.05, 3.63) is 71.8 Å². The minimum Gasteiger partial charge on any atom is -0.296 e. The van der Waals surface area contributed by atoms with E-state index in [-0.39, 0.29) is 0 Å². The van der Waals surface area contributed by atoms with Crippen LogP contribution in [0.4, 0.5) is 0 Å². The maximum absolute atomic E-state index is 2.69. The maximum atomic E-state index is 2.69. The number of likely N-dealkylation sites (tertiary alicyclic amines) is 1. The Morgan fingerprint density at radius 3 is 2.09 bits per heavy atom. The molecule has 1 aliphatic heterocycles. The standard InChI is InChI=1S/C21H27N/c1-2-21(20-11-7-4-8-12-20)22-15-13-19(14-16-22)17-18-9-5-3-6-10-18/h3-12,19,21H,2,13-17H2,1H3/t21-/m1/s1. The Kier molecular flexibility index (Phi) is 5.29. The van der Waals surface area contributed by atoms with E-state index in [4.69, 9.17) is 0 Å². The van der Waals surface area contributed by atoms with Crippen molar-refractivity contribution in [1.82, 2.24) is 4.90 Å². The summed E-state index contributed by atoms with van der Waals surface area (Å²) in [6, 6.07) is 22.6. The Labute approximate surface area is 135 Å². The molecule has 116 valence electrons. The van der Waals surface area contributed by atoms with Crippen molar-refractivity contribution in [2.24, 2.45) is 5.92 Å². The Morgan fingerprint density at radius 2 is 1.50 bits per heavy atom. The minimum absolute atomic E-state index is 0.596. The molecule has 0 spiro atoms. The van der Waals surface area contributed by atoms with Crippen molar-refractivity contribution < 1.29 is 0 Å². The van der Waals surface area contributed by atoms with Crippen LogP contribution in [-0.4, -0.2) is 18.0 Å². The van der Waals surface area contributed by atoms with Crippen molar-refractivity contribution in [3.8, 4) is 0 Å². The predicted molar refractivity (Wildman–Crippen MR) is 93.9 cm³/mol. The molecule has 2 aromatic carbocycles. The molecule has 1 heterocycles. The molecule has 0 N–H and O–H groups in total. The summed E-state index contributed by atoms with van der Waals surface area (Å²) in [5, 5.41) is 0. The third-order valence-corrected chi connectivity index (χ3v) is 5.03. The first-order chi connectivity index (χ1) is 10.9. The lowest BCUT2D eigenvalue weighted by Gasteiger charge is -2.37. The zero-order chi connectivity index (χ0) is 15.2. The van der Waals surface area contributed by atoms with Crippen molar-refractivity contribution in [2.45, 2.75) is 38.6 Å². The summed E-state index contributed by atoms with van der Waals surface area (Å²) in [6.07, 6.45) is 5.11. The summed E-state index contributed by atoms with van der Waals surface area (Å²) in [4.78, 5) is 2.69. The van der Waals surface area contributed by atoms with E-state index in [0.29, 0.717) is 6.04 Å². The van der Waals surface area contributed by atoms with Gasteiger partial charge in [-0.25, -0.2) is 0 Å². The predicted octanol–water partition coefficient (Wildman–Crippen LogP) is 5.09. The van der Waals surface area contributed by atoms with E-state index in [2.05, 4.69) is 72.5 Å². The first-order valence-corrected chi connectivity index (χ1v) is 8.69. The van der Waals surface area contributed by atoms with Crippen molar-refractivity contribution in [3.63, 3.8) is 0 Å². The average Bonchev–Trinajstić information content (AvgIpc) is 2.59. The maximum Gasteiger partial charge on any atom is 0.0345 e. The lowest BCUT2D eigenvalue weighted by Crippen LogP contribution is -2.37. The van der Waals surface area contributed by atoms with Gasteiger partial charge >= 0.3 is 0 Å². The number of hydrogen-bond donors (Lipinski definition) is 0. The molecule has 0 aromatic heterocycles. The molecule has 1 aliphatic rings. The second-order valence-electron chi connectivity index (χ2n) is 6.50. The lowest BCUT2D eigenvalue weighted by atomic mass is 9.88. The molecule has 0 unspecified atom stereocenters. The summed E-state index contributed by atoms with van der Waals surface area (Å²) in [6.45, 7) is 4.80. The number of benzene rings is 2. The van der Waals surface area contributed by atoms with Crippen LogP contribution in [0.25, 0.3) is 0 Å². The molecule has 0 bridgehead atoms. The zero-order valence-corrected chi connectivity index (χ0v) is 13.6. The van der Waals surface area contributed by atoms with Crippen molar-refractivity contribution in [1.29, 1.82) is 0 Å². The third kappa shape index (κ3) is 3.78. The number of nitrogens with zero attached hydrogens (tertiary/aromatic N) is 1. The van der Waals surface area contributed by atoms with Crippen LogP contribution in [0.2, 0.25) is 0 Å². The van der Waals surface area contributed by atoms with Gasteiger partial charge < -0.3 is 0 Å². The molecule has 1 heteroatoms. The molecule has 1 fully saturated rings. The molecule has 1 atom stereocenters. The van der Waals surface area contributed by atoms with Crippen LogP contribution in [-0.2, 0) is 6.42 Å². The first kappa shape index (κ1) is 15.3. The van der Waals surface area contributed by atoms with Crippen molar-refractivity contribution in [2.75, 3.05) is 13.1 Å². The molecule has 0 aliphatic carbocycles. The van der Waals surface area contributed by atoms with E-state index in [9.17, 15) is 0 Å². The van der Waals surface area contributed by atoms with Crippen LogP contribution >= 0.6 is 0 Å². The first-order valence-electron chi connectivity index (χ1n) is 8.69. The number of rotatable bonds is 5. The third-order valence-electron chi connectivity index (χ3n) is 5.03. The Balaban J connectivity index is 1.57. The molecular formula is C21H27N. The summed E-state index contributed by atoms with van der Waals surface area (Å²) in [5.41, 5.74) is 2.97. The minimum atomic E-state index is 0.596. The smallest absolute Gasteiger partial charge is 0.0345 e. The SMILES string of the molecule is CC[C@H](c1ccccc1)N1CCC(Cc2ccccc2)CC1. The summed E-state index contributed by atoms with van der Waals surface area (Å²) in [7, 11) is 0. The molecule has 22 heavy (non-hydrogen) atoms. The van der Waals surface area contributed by atoms with E-state index < -0.39 is 0 Å². The van der Waals surface area contributed by atoms with Gasteiger partial charge in [-0.1, -0.05) is 67.6 Å². The molecule has 0 saturated carbocycles. The van der Waals surface area contributed by atoms with E-state index in [1.165, 1.54) is 49.9 Å². The fourth-order valence-corrected chi connectivity index (χ4v) is 3.80. The highest BCUT2D eigenvalue weighted by Gasteiger charge is 2.25. The van der Waals surface area contributed by atoms with Gasteiger partial charge in [-0.2, -0.15) is 0 Å². The second kappa shape index (κ2) is 7.60. The molecule has 1 nitrogen and oxygen atoms in total. The molecule has 0 amide bonds. The number of piperidine rings is 1. The Hall–Kier alpha value is -1.60. The van der Waals surface area contributed by atoms with Crippen LogP contribution in [0.1, 0.15) is 43.4 Å². The van der Waals surface area contributed by atoms with Gasteiger partial charge in [0.25, 0.3) is 0 Å². The molecule has 0 radical (unpaired) electrons. The number of hydrogen-bond acceptors (Lipinski definition) is 1. The van der Waals surface area contributed by atoms with Gasteiger partial charge in [0.2, 0.25) is 0 Å².